The Morgan fingerprint density at radius 3 is 2.55 bits per heavy atom. The highest BCUT2D eigenvalue weighted by molar-refractivity contribution is 5.36. The minimum Gasteiger partial charge on any atom is -0.489 e. The third-order valence-electron chi connectivity index (χ3n) is 2.82. The standard InChI is InChI=1S/C17H16FNO/c1-13-11-16(8-9-17(13)18)20-12-15-6-4-14(5-7-15)3-2-10-19/h4-9,11H,10,12,19H2,1H3. The van der Waals surface area contributed by atoms with Crippen LogP contribution in [0.5, 0.6) is 5.75 Å². The molecule has 0 aliphatic carbocycles. The zero-order valence-corrected chi connectivity index (χ0v) is 11.3. The summed E-state index contributed by atoms with van der Waals surface area (Å²) < 4.78 is 18.8. The molecule has 0 heterocycles. The van der Waals surface area contributed by atoms with Gasteiger partial charge in [0.25, 0.3) is 0 Å². The SMILES string of the molecule is Cc1cc(OCc2ccc(C#CCN)cc2)ccc1F. The van der Waals surface area contributed by atoms with Crippen LogP contribution in [0.1, 0.15) is 16.7 Å². The van der Waals surface area contributed by atoms with Crippen LogP contribution in [0.15, 0.2) is 42.5 Å². The fraction of sp³-hybridized carbons (Fsp3) is 0.176. The Morgan fingerprint density at radius 2 is 1.90 bits per heavy atom. The number of aryl methyl sites for hydroxylation is 1. The van der Waals surface area contributed by atoms with E-state index in [1.165, 1.54) is 6.07 Å². The zero-order chi connectivity index (χ0) is 14.4. The number of halogens is 1. The summed E-state index contributed by atoms with van der Waals surface area (Å²) in [4.78, 5) is 0. The average Bonchev–Trinajstić information content (AvgIpc) is 2.47. The van der Waals surface area contributed by atoms with E-state index in [4.69, 9.17) is 10.5 Å². The number of nitrogens with two attached hydrogens (primary N) is 1. The Bertz CT molecular complexity index is 638. The van der Waals surface area contributed by atoms with Crippen molar-refractivity contribution in [1.29, 1.82) is 0 Å². The van der Waals surface area contributed by atoms with Crippen LogP contribution in [-0.2, 0) is 6.61 Å². The molecular weight excluding hydrogens is 253 g/mol. The van der Waals surface area contributed by atoms with Crippen LogP contribution >= 0.6 is 0 Å². The molecule has 0 spiro atoms. The number of hydrogen-bond acceptors (Lipinski definition) is 2. The molecule has 3 heteroatoms. The summed E-state index contributed by atoms with van der Waals surface area (Å²) in [7, 11) is 0. The maximum absolute atomic E-state index is 13.1. The summed E-state index contributed by atoms with van der Waals surface area (Å²) in [5.74, 6) is 6.21. The highest BCUT2D eigenvalue weighted by atomic mass is 19.1. The van der Waals surface area contributed by atoms with Gasteiger partial charge in [-0.25, -0.2) is 4.39 Å². The molecule has 0 saturated carbocycles. The Labute approximate surface area is 118 Å². The van der Waals surface area contributed by atoms with E-state index in [1.54, 1.807) is 19.1 Å². The molecule has 0 fully saturated rings. The average molecular weight is 269 g/mol. The van der Waals surface area contributed by atoms with Crippen molar-refractivity contribution in [2.24, 2.45) is 5.73 Å². The Morgan fingerprint density at radius 1 is 1.15 bits per heavy atom. The number of benzene rings is 2. The van der Waals surface area contributed by atoms with E-state index in [2.05, 4.69) is 11.8 Å². The minimum absolute atomic E-state index is 0.222. The molecular formula is C17H16FNO. The molecule has 0 saturated heterocycles. The number of ether oxygens (including phenoxy) is 1. The van der Waals surface area contributed by atoms with Crippen LogP contribution in [0.25, 0.3) is 0 Å². The van der Waals surface area contributed by atoms with Gasteiger partial charge in [-0.2, -0.15) is 0 Å². The summed E-state index contributed by atoms with van der Waals surface area (Å²) in [6, 6.07) is 12.5. The van der Waals surface area contributed by atoms with E-state index >= 15 is 0 Å². The lowest BCUT2D eigenvalue weighted by molar-refractivity contribution is 0.305. The summed E-state index contributed by atoms with van der Waals surface area (Å²) in [5, 5.41) is 0. The monoisotopic (exact) mass is 269 g/mol. The lowest BCUT2D eigenvalue weighted by Gasteiger charge is -2.07. The van der Waals surface area contributed by atoms with E-state index in [1.807, 2.05) is 24.3 Å². The van der Waals surface area contributed by atoms with E-state index < -0.39 is 0 Å². The van der Waals surface area contributed by atoms with Crippen molar-refractivity contribution in [3.63, 3.8) is 0 Å². The van der Waals surface area contributed by atoms with Gasteiger partial charge in [-0.15, -0.1) is 0 Å². The smallest absolute Gasteiger partial charge is 0.126 e. The number of hydrogen-bond donors (Lipinski definition) is 1. The third-order valence-corrected chi connectivity index (χ3v) is 2.82. The van der Waals surface area contributed by atoms with Gasteiger partial charge in [0.05, 0.1) is 6.54 Å². The van der Waals surface area contributed by atoms with Gasteiger partial charge in [0, 0.05) is 5.56 Å². The minimum atomic E-state index is -0.222. The molecule has 0 atom stereocenters. The number of rotatable bonds is 3. The van der Waals surface area contributed by atoms with E-state index in [-0.39, 0.29) is 5.82 Å². The molecule has 0 aliphatic heterocycles. The van der Waals surface area contributed by atoms with E-state index in [0.717, 1.165) is 11.1 Å². The molecule has 0 aliphatic rings. The van der Waals surface area contributed by atoms with Crippen LogP contribution in [0.3, 0.4) is 0 Å². The van der Waals surface area contributed by atoms with Crippen LogP contribution in [0, 0.1) is 24.6 Å². The molecule has 2 aromatic rings. The molecule has 0 radical (unpaired) electrons. The first-order valence-electron chi connectivity index (χ1n) is 6.36. The van der Waals surface area contributed by atoms with Crippen molar-refractivity contribution in [2.45, 2.75) is 13.5 Å². The topological polar surface area (TPSA) is 35.2 Å². The van der Waals surface area contributed by atoms with Crippen molar-refractivity contribution in [2.75, 3.05) is 6.54 Å². The van der Waals surface area contributed by atoms with Crippen LogP contribution in [0.4, 0.5) is 4.39 Å². The largest absolute Gasteiger partial charge is 0.489 e. The molecule has 0 amide bonds. The van der Waals surface area contributed by atoms with Gasteiger partial charge >= 0.3 is 0 Å². The third kappa shape index (κ3) is 3.84. The van der Waals surface area contributed by atoms with Crippen LogP contribution in [0.2, 0.25) is 0 Å². The second-order valence-electron chi connectivity index (χ2n) is 4.40. The molecule has 20 heavy (non-hydrogen) atoms. The molecule has 2 rings (SSSR count). The second kappa shape index (κ2) is 6.74. The van der Waals surface area contributed by atoms with E-state index in [0.29, 0.717) is 24.5 Å². The first kappa shape index (κ1) is 14.1. The maximum Gasteiger partial charge on any atom is 0.126 e. The molecule has 2 nitrogen and oxygen atoms in total. The molecule has 0 aromatic heterocycles. The summed E-state index contributed by atoms with van der Waals surface area (Å²) in [6.45, 7) is 2.51. The van der Waals surface area contributed by atoms with Gasteiger partial charge < -0.3 is 10.5 Å². The summed E-state index contributed by atoms with van der Waals surface area (Å²) in [6.07, 6.45) is 0. The summed E-state index contributed by atoms with van der Waals surface area (Å²) in [5.41, 5.74) is 7.86. The van der Waals surface area contributed by atoms with Gasteiger partial charge in [-0.3, -0.25) is 0 Å². The lowest BCUT2D eigenvalue weighted by atomic mass is 10.1. The van der Waals surface area contributed by atoms with Gasteiger partial charge in [-0.1, -0.05) is 24.0 Å². The highest BCUT2D eigenvalue weighted by Crippen LogP contribution is 2.17. The van der Waals surface area contributed by atoms with Crippen LogP contribution in [-0.4, -0.2) is 6.54 Å². The van der Waals surface area contributed by atoms with Gasteiger partial charge in [0.2, 0.25) is 0 Å². The Balaban J connectivity index is 1.98. The highest BCUT2D eigenvalue weighted by Gasteiger charge is 2.00. The Hall–Kier alpha value is -2.31. The van der Waals surface area contributed by atoms with E-state index in [9.17, 15) is 4.39 Å². The quantitative estimate of drug-likeness (QED) is 0.869. The lowest BCUT2D eigenvalue weighted by Crippen LogP contribution is -1.96. The predicted octanol–water partition coefficient (Wildman–Crippen LogP) is 3.02. The van der Waals surface area contributed by atoms with Crippen molar-refractivity contribution in [1.82, 2.24) is 0 Å². The summed E-state index contributed by atoms with van der Waals surface area (Å²) >= 11 is 0. The van der Waals surface area contributed by atoms with Crippen LogP contribution < -0.4 is 10.5 Å². The fourth-order valence-corrected chi connectivity index (χ4v) is 1.71. The van der Waals surface area contributed by atoms with Gasteiger partial charge in [0.15, 0.2) is 0 Å². The molecule has 2 N–H and O–H groups in total. The predicted molar refractivity (Wildman–Crippen MR) is 77.8 cm³/mol. The van der Waals surface area contributed by atoms with Crippen molar-refractivity contribution >= 4 is 0 Å². The first-order valence-corrected chi connectivity index (χ1v) is 6.36. The zero-order valence-electron chi connectivity index (χ0n) is 11.3. The van der Waals surface area contributed by atoms with Gasteiger partial charge in [0.1, 0.15) is 18.2 Å². The van der Waals surface area contributed by atoms with Crippen molar-refractivity contribution in [3.8, 4) is 17.6 Å². The first-order chi connectivity index (χ1) is 9.69. The maximum atomic E-state index is 13.1. The molecule has 102 valence electrons. The van der Waals surface area contributed by atoms with Crippen molar-refractivity contribution < 1.29 is 9.13 Å². The fourth-order valence-electron chi connectivity index (χ4n) is 1.71. The second-order valence-corrected chi connectivity index (χ2v) is 4.40. The normalized spacial score (nSPS) is 9.75. The molecule has 2 aromatic carbocycles. The Kier molecular flexibility index (Phi) is 4.75. The molecule has 0 bridgehead atoms. The molecule has 0 unspecified atom stereocenters. The van der Waals surface area contributed by atoms with Gasteiger partial charge in [-0.05, 0) is 48.4 Å². The van der Waals surface area contributed by atoms with Crippen molar-refractivity contribution in [3.05, 3.63) is 65.0 Å².